The average molecular weight is 363 g/mol. The molecule has 0 radical (unpaired) electrons. The molecule has 0 spiro atoms. The van der Waals surface area contributed by atoms with Crippen LogP contribution in [0.5, 0.6) is 0 Å². The molecule has 2 aromatic rings. The van der Waals surface area contributed by atoms with Crippen LogP contribution in [0.15, 0.2) is 94.9 Å². The van der Waals surface area contributed by atoms with E-state index in [1.165, 1.54) is 11.8 Å². The van der Waals surface area contributed by atoms with Gasteiger partial charge in [0.1, 0.15) is 23.8 Å². The number of hydrogen-bond donors (Lipinski definition) is 0. The third-order valence-corrected chi connectivity index (χ3v) is 4.92. The number of thioether (sulfide) groups is 1. The summed E-state index contributed by atoms with van der Waals surface area (Å²) in [5.74, 6) is 0. The van der Waals surface area contributed by atoms with Crippen LogP contribution >= 0.6 is 11.8 Å². The molecule has 0 saturated carbocycles. The number of nitrogens with zero attached hydrogens (tertiary/aromatic N) is 3. The maximum atomic E-state index is 9.36. The van der Waals surface area contributed by atoms with Crippen LogP contribution < -0.4 is 0 Å². The van der Waals surface area contributed by atoms with Crippen molar-refractivity contribution in [3.8, 4) is 18.2 Å². The van der Waals surface area contributed by atoms with Gasteiger partial charge in [0.05, 0.1) is 5.57 Å². The fourth-order valence-electron chi connectivity index (χ4n) is 2.58. The van der Waals surface area contributed by atoms with Crippen molar-refractivity contribution in [3.05, 3.63) is 106 Å². The lowest BCUT2D eigenvalue weighted by Crippen LogP contribution is -1.92. The molecule has 0 unspecified atom stereocenters. The van der Waals surface area contributed by atoms with Crippen molar-refractivity contribution >= 4 is 22.2 Å². The Morgan fingerprint density at radius 2 is 1.33 bits per heavy atom. The number of nitriles is 3. The zero-order valence-corrected chi connectivity index (χ0v) is 15.1. The summed E-state index contributed by atoms with van der Waals surface area (Å²) in [6, 6.07) is 25.5. The predicted molar refractivity (Wildman–Crippen MR) is 108 cm³/mol. The van der Waals surface area contributed by atoms with Crippen molar-refractivity contribution < 1.29 is 0 Å². The highest BCUT2D eigenvalue weighted by atomic mass is 32.2. The number of allylic oxidation sites excluding steroid dienone is 6. The van der Waals surface area contributed by atoms with E-state index in [1.54, 1.807) is 18.2 Å². The van der Waals surface area contributed by atoms with Gasteiger partial charge in [-0.1, -0.05) is 72.4 Å². The van der Waals surface area contributed by atoms with Crippen LogP contribution in [0.1, 0.15) is 11.1 Å². The third kappa shape index (κ3) is 4.25. The van der Waals surface area contributed by atoms with Crippen LogP contribution in [0.2, 0.25) is 0 Å². The molecular weight excluding hydrogens is 350 g/mol. The molecule has 3 nitrogen and oxygen atoms in total. The molecule has 4 heteroatoms. The first-order valence-corrected chi connectivity index (χ1v) is 8.95. The second-order valence-electron chi connectivity index (χ2n) is 5.61. The Labute approximate surface area is 162 Å². The molecule has 1 heterocycles. The maximum absolute atomic E-state index is 9.36. The standard InChI is InChI=1S/C23H13N3S/c24-14-20(21(15-25)16-26)12-22-11-19(17-7-3-1-4-8-17)13-23(27-22)18-9-5-2-6-10-18/h1-13H/b22-12+. The van der Waals surface area contributed by atoms with Gasteiger partial charge in [0.2, 0.25) is 0 Å². The second kappa shape index (κ2) is 8.54. The molecule has 126 valence electrons. The highest BCUT2D eigenvalue weighted by Gasteiger charge is 2.15. The molecular formula is C23H13N3S. The molecule has 0 atom stereocenters. The fourth-order valence-corrected chi connectivity index (χ4v) is 3.64. The van der Waals surface area contributed by atoms with Crippen LogP contribution in [-0.4, -0.2) is 0 Å². The number of hydrogen-bond acceptors (Lipinski definition) is 4. The van der Waals surface area contributed by atoms with Gasteiger partial charge < -0.3 is 0 Å². The second-order valence-corrected chi connectivity index (χ2v) is 6.73. The predicted octanol–water partition coefficient (Wildman–Crippen LogP) is 5.61. The van der Waals surface area contributed by atoms with E-state index < -0.39 is 0 Å². The monoisotopic (exact) mass is 363 g/mol. The first-order chi connectivity index (χ1) is 13.2. The fraction of sp³-hybridized carbons (Fsp3) is 0. The van der Waals surface area contributed by atoms with Crippen molar-refractivity contribution in [2.45, 2.75) is 0 Å². The lowest BCUT2D eigenvalue weighted by atomic mass is 10.0. The molecule has 3 rings (SSSR count). The van der Waals surface area contributed by atoms with Crippen LogP contribution in [-0.2, 0) is 0 Å². The third-order valence-electron chi connectivity index (χ3n) is 3.88. The minimum Gasteiger partial charge on any atom is -0.192 e. The van der Waals surface area contributed by atoms with E-state index in [2.05, 4.69) is 6.08 Å². The van der Waals surface area contributed by atoms with E-state index in [-0.39, 0.29) is 11.1 Å². The van der Waals surface area contributed by atoms with Gasteiger partial charge in [-0.15, -0.1) is 0 Å². The largest absolute Gasteiger partial charge is 0.192 e. The van der Waals surface area contributed by atoms with E-state index >= 15 is 0 Å². The molecule has 0 N–H and O–H groups in total. The molecule has 0 saturated heterocycles. The smallest absolute Gasteiger partial charge is 0.147 e. The van der Waals surface area contributed by atoms with Crippen molar-refractivity contribution in [3.63, 3.8) is 0 Å². The average Bonchev–Trinajstić information content (AvgIpc) is 2.75. The van der Waals surface area contributed by atoms with Gasteiger partial charge in [0, 0.05) is 9.81 Å². The Hall–Kier alpha value is -3.78. The summed E-state index contributed by atoms with van der Waals surface area (Å²) >= 11 is 1.51. The lowest BCUT2D eigenvalue weighted by molar-refractivity contribution is 1.42. The summed E-state index contributed by atoms with van der Waals surface area (Å²) in [4.78, 5) is 1.84. The topological polar surface area (TPSA) is 71.4 Å². The first kappa shape index (κ1) is 18.0. The number of rotatable bonds is 3. The molecule has 0 aliphatic carbocycles. The minimum absolute atomic E-state index is 0.0699. The first-order valence-electron chi connectivity index (χ1n) is 8.13. The lowest BCUT2D eigenvalue weighted by Gasteiger charge is -2.16. The van der Waals surface area contributed by atoms with Gasteiger partial charge in [-0.2, -0.15) is 15.8 Å². The maximum Gasteiger partial charge on any atom is 0.147 e. The van der Waals surface area contributed by atoms with Crippen molar-refractivity contribution in [1.82, 2.24) is 0 Å². The summed E-state index contributed by atoms with van der Waals surface area (Å²) in [6.45, 7) is 0. The van der Waals surface area contributed by atoms with E-state index in [4.69, 9.17) is 10.5 Å². The highest BCUT2D eigenvalue weighted by Crippen LogP contribution is 2.42. The summed E-state index contributed by atoms with van der Waals surface area (Å²) in [5.41, 5.74) is 3.02. The molecule has 0 aromatic heterocycles. The van der Waals surface area contributed by atoms with Crippen molar-refractivity contribution in [2.75, 3.05) is 0 Å². The summed E-state index contributed by atoms with van der Waals surface area (Å²) in [5, 5.41) is 27.5. The highest BCUT2D eigenvalue weighted by molar-refractivity contribution is 8.12. The summed E-state index contributed by atoms with van der Waals surface area (Å²) < 4.78 is 0. The molecule has 27 heavy (non-hydrogen) atoms. The van der Waals surface area contributed by atoms with E-state index in [9.17, 15) is 5.26 Å². The summed E-state index contributed by atoms with van der Waals surface area (Å²) in [7, 11) is 0. The Balaban J connectivity index is 2.13. The molecule has 0 amide bonds. The number of benzene rings is 2. The van der Waals surface area contributed by atoms with Gasteiger partial charge in [0.15, 0.2) is 0 Å². The van der Waals surface area contributed by atoms with E-state index in [0.717, 1.165) is 26.5 Å². The zero-order valence-electron chi connectivity index (χ0n) is 14.3. The van der Waals surface area contributed by atoms with Gasteiger partial charge in [-0.3, -0.25) is 0 Å². The van der Waals surface area contributed by atoms with E-state index in [1.807, 2.05) is 72.8 Å². The van der Waals surface area contributed by atoms with Gasteiger partial charge >= 0.3 is 0 Å². The minimum atomic E-state index is -0.184. The normalized spacial score (nSPS) is 14.2. The van der Waals surface area contributed by atoms with Gasteiger partial charge in [-0.05, 0) is 34.9 Å². The van der Waals surface area contributed by atoms with E-state index in [0.29, 0.717) is 0 Å². The Kier molecular flexibility index (Phi) is 5.70. The van der Waals surface area contributed by atoms with Crippen LogP contribution in [0.4, 0.5) is 0 Å². The molecule has 2 aromatic carbocycles. The Bertz CT molecular complexity index is 1080. The van der Waals surface area contributed by atoms with Crippen molar-refractivity contribution in [2.24, 2.45) is 0 Å². The Morgan fingerprint density at radius 3 is 1.89 bits per heavy atom. The molecule has 0 fully saturated rings. The molecule has 0 bridgehead atoms. The van der Waals surface area contributed by atoms with Gasteiger partial charge in [-0.25, -0.2) is 0 Å². The quantitative estimate of drug-likeness (QED) is 0.665. The SMILES string of the molecule is N#CC(C#N)=C(C#N)/C=C1\C=C(c2ccccc2)C=C(c2ccccc2)S1. The zero-order chi connectivity index (χ0) is 19.1. The molecule has 1 aliphatic rings. The van der Waals surface area contributed by atoms with Gasteiger partial charge in [0.25, 0.3) is 0 Å². The van der Waals surface area contributed by atoms with Crippen molar-refractivity contribution in [1.29, 1.82) is 15.8 Å². The van der Waals surface area contributed by atoms with Crippen LogP contribution in [0.3, 0.4) is 0 Å². The van der Waals surface area contributed by atoms with Crippen LogP contribution in [0.25, 0.3) is 10.5 Å². The summed E-state index contributed by atoms with van der Waals surface area (Å²) in [6.07, 6.45) is 5.68. The Morgan fingerprint density at radius 1 is 0.741 bits per heavy atom. The van der Waals surface area contributed by atoms with Crippen LogP contribution in [0, 0.1) is 34.0 Å². The molecule has 1 aliphatic heterocycles.